The molecule has 0 amide bonds. The highest BCUT2D eigenvalue weighted by Crippen LogP contribution is 2.32. The molecule has 2 heterocycles. The van der Waals surface area contributed by atoms with Gasteiger partial charge in [0.2, 0.25) is 0 Å². The summed E-state index contributed by atoms with van der Waals surface area (Å²) in [5.74, 6) is 1.09. The van der Waals surface area contributed by atoms with Crippen molar-refractivity contribution in [1.29, 1.82) is 0 Å². The van der Waals surface area contributed by atoms with Gasteiger partial charge in [-0.2, -0.15) is 5.10 Å². The van der Waals surface area contributed by atoms with E-state index in [1.807, 2.05) is 4.68 Å². The standard InChI is InChI=1S/C10H18N4/c1-10(2,3)13-5-4-6-14-9(13)8(11)7-12-14/h7H,4-6,11H2,1-3H3. The highest BCUT2D eigenvalue weighted by molar-refractivity contribution is 5.64. The number of aryl methyl sites for hydroxylation is 1. The van der Waals surface area contributed by atoms with Crippen LogP contribution in [0.3, 0.4) is 0 Å². The molecule has 4 heteroatoms. The summed E-state index contributed by atoms with van der Waals surface area (Å²) in [5.41, 5.74) is 6.83. The van der Waals surface area contributed by atoms with E-state index in [1.165, 1.54) is 0 Å². The molecule has 78 valence electrons. The van der Waals surface area contributed by atoms with Crippen molar-refractivity contribution in [2.45, 2.75) is 39.3 Å². The maximum Gasteiger partial charge on any atom is 0.150 e. The van der Waals surface area contributed by atoms with Crippen LogP contribution < -0.4 is 10.6 Å². The summed E-state index contributed by atoms with van der Waals surface area (Å²) in [7, 11) is 0. The molecule has 0 bridgehead atoms. The molecular formula is C10H18N4. The molecule has 0 spiro atoms. The Hall–Kier alpha value is -1.19. The van der Waals surface area contributed by atoms with Crippen LogP contribution in [0.4, 0.5) is 11.5 Å². The van der Waals surface area contributed by atoms with Crippen LogP contribution in [0.2, 0.25) is 0 Å². The van der Waals surface area contributed by atoms with Crippen LogP contribution >= 0.6 is 0 Å². The Kier molecular flexibility index (Phi) is 1.94. The van der Waals surface area contributed by atoms with E-state index >= 15 is 0 Å². The van der Waals surface area contributed by atoms with Gasteiger partial charge in [-0.25, -0.2) is 4.68 Å². The lowest BCUT2D eigenvalue weighted by atomic mass is 10.0. The predicted octanol–water partition coefficient (Wildman–Crippen LogP) is 1.47. The second-order valence-corrected chi connectivity index (χ2v) is 4.82. The van der Waals surface area contributed by atoms with Gasteiger partial charge in [-0.3, -0.25) is 0 Å². The number of aromatic nitrogens is 2. The molecule has 0 fully saturated rings. The van der Waals surface area contributed by atoms with E-state index in [9.17, 15) is 0 Å². The summed E-state index contributed by atoms with van der Waals surface area (Å²) < 4.78 is 2.00. The smallest absolute Gasteiger partial charge is 0.150 e. The van der Waals surface area contributed by atoms with Gasteiger partial charge in [-0.15, -0.1) is 0 Å². The van der Waals surface area contributed by atoms with Crippen molar-refractivity contribution in [3.63, 3.8) is 0 Å². The monoisotopic (exact) mass is 194 g/mol. The largest absolute Gasteiger partial charge is 0.394 e. The van der Waals surface area contributed by atoms with Crippen molar-refractivity contribution in [2.75, 3.05) is 17.2 Å². The Balaban J connectivity index is 2.44. The summed E-state index contributed by atoms with van der Waals surface area (Å²) in [6, 6.07) is 0. The van der Waals surface area contributed by atoms with Crippen LogP contribution in [0.15, 0.2) is 6.20 Å². The Labute approximate surface area is 84.7 Å². The van der Waals surface area contributed by atoms with Gasteiger partial charge < -0.3 is 10.6 Å². The zero-order valence-electron chi connectivity index (χ0n) is 9.12. The van der Waals surface area contributed by atoms with Gasteiger partial charge in [-0.05, 0) is 27.2 Å². The van der Waals surface area contributed by atoms with Crippen LogP contribution in [0.5, 0.6) is 0 Å². The van der Waals surface area contributed by atoms with E-state index in [2.05, 4.69) is 30.8 Å². The van der Waals surface area contributed by atoms with Crippen molar-refractivity contribution in [2.24, 2.45) is 0 Å². The van der Waals surface area contributed by atoms with Gasteiger partial charge in [0.05, 0.1) is 11.9 Å². The summed E-state index contributed by atoms with van der Waals surface area (Å²) in [6.07, 6.45) is 2.89. The molecule has 0 atom stereocenters. The molecule has 2 rings (SSSR count). The molecule has 0 saturated heterocycles. The molecule has 0 aromatic carbocycles. The fourth-order valence-corrected chi connectivity index (χ4v) is 1.99. The molecule has 0 saturated carbocycles. The summed E-state index contributed by atoms with van der Waals surface area (Å²) in [5, 5.41) is 4.27. The minimum atomic E-state index is 0.117. The third-order valence-electron chi connectivity index (χ3n) is 2.66. The summed E-state index contributed by atoms with van der Waals surface area (Å²) in [6.45, 7) is 8.66. The van der Waals surface area contributed by atoms with Gasteiger partial charge in [0.25, 0.3) is 0 Å². The van der Waals surface area contributed by atoms with E-state index in [1.54, 1.807) is 6.20 Å². The average molecular weight is 194 g/mol. The molecule has 1 aliphatic heterocycles. The number of nitrogens with zero attached hydrogens (tertiary/aromatic N) is 3. The number of fused-ring (bicyclic) bond motifs is 1. The van der Waals surface area contributed by atoms with Crippen LogP contribution in [0.25, 0.3) is 0 Å². The highest BCUT2D eigenvalue weighted by Gasteiger charge is 2.28. The van der Waals surface area contributed by atoms with Crippen LogP contribution in [-0.2, 0) is 6.54 Å². The lowest BCUT2D eigenvalue weighted by molar-refractivity contribution is 0.427. The minimum absolute atomic E-state index is 0.117. The fourth-order valence-electron chi connectivity index (χ4n) is 1.99. The third kappa shape index (κ3) is 1.35. The van der Waals surface area contributed by atoms with Gasteiger partial charge >= 0.3 is 0 Å². The number of hydrogen-bond acceptors (Lipinski definition) is 3. The summed E-state index contributed by atoms with van der Waals surface area (Å²) >= 11 is 0. The third-order valence-corrected chi connectivity index (χ3v) is 2.66. The SMILES string of the molecule is CC(C)(C)N1CCCn2ncc(N)c21. The van der Waals surface area contributed by atoms with Crippen LogP contribution in [-0.4, -0.2) is 21.9 Å². The molecule has 14 heavy (non-hydrogen) atoms. The minimum Gasteiger partial charge on any atom is -0.394 e. The van der Waals surface area contributed by atoms with Crippen LogP contribution in [0, 0.1) is 0 Å². The number of hydrogen-bond donors (Lipinski definition) is 1. The van der Waals surface area contributed by atoms with E-state index in [4.69, 9.17) is 5.73 Å². The maximum atomic E-state index is 5.92. The molecule has 1 aromatic rings. The second kappa shape index (κ2) is 2.90. The summed E-state index contributed by atoms with van der Waals surface area (Å²) in [4.78, 5) is 2.33. The van der Waals surface area contributed by atoms with Crippen molar-refractivity contribution in [3.05, 3.63) is 6.20 Å². The number of rotatable bonds is 0. The Morgan fingerprint density at radius 2 is 2.07 bits per heavy atom. The van der Waals surface area contributed by atoms with Gasteiger partial charge in [0.1, 0.15) is 0 Å². The molecule has 1 aromatic heterocycles. The molecule has 0 radical (unpaired) electrons. The number of anilines is 2. The van der Waals surface area contributed by atoms with E-state index < -0.39 is 0 Å². The first kappa shape index (κ1) is 9.37. The van der Waals surface area contributed by atoms with Crippen molar-refractivity contribution in [3.8, 4) is 0 Å². The highest BCUT2D eigenvalue weighted by atomic mass is 15.4. The number of nitrogens with two attached hydrogens (primary N) is 1. The normalized spacial score (nSPS) is 16.9. The van der Waals surface area contributed by atoms with Crippen molar-refractivity contribution in [1.82, 2.24) is 9.78 Å². The zero-order chi connectivity index (χ0) is 10.3. The first-order chi connectivity index (χ1) is 6.50. The van der Waals surface area contributed by atoms with Gasteiger partial charge in [0.15, 0.2) is 5.82 Å². The van der Waals surface area contributed by atoms with Crippen LogP contribution in [0.1, 0.15) is 27.2 Å². The quantitative estimate of drug-likeness (QED) is 0.680. The second-order valence-electron chi connectivity index (χ2n) is 4.82. The Morgan fingerprint density at radius 3 is 2.71 bits per heavy atom. The zero-order valence-corrected chi connectivity index (χ0v) is 9.12. The van der Waals surface area contributed by atoms with E-state index in [0.717, 1.165) is 31.0 Å². The molecule has 2 N–H and O–H groups in total. The first-order valence-corrected chi connectivity index (χ1v) is 5.09. The lowest BCUT2D eigenvalue weighted by Gasteiger charge is -2.40. The predicted molar refractivity (Wildman–Crippen MR) is 58.4 cm³/mol. The Bertz CT molecular complexity index is 334. The molecule has 0 aliphatic carbocycles. The molecule has 0 unspecified atom stereocenters. The maximum absolute atomic E-state index is 5.92. The Morgan fingerprint density at radius 1 is 1.36 bits per heavy atom. The van der Waals surface area contributed by atoms with Crippen molar-refractivity contribution < 1.29 is 0 Å². The number of nitrogen functional groups attached to an aromatic ring is 1. The topological polar surface area (TPSA) is 47.1 Å². The molecular weight excluding hydrogens is 176 g/mol. The van der Waals surface area contributed by atoms with E-state index in [0.29, 0.717) is 0 Å². The van der Waals surface area contributed by atoms with Gasteiger partial charge in [-0.1, -0.05) is 0 Å². The fraction of sp³-hybridized carbons (Fsp3) is 0.700. The molecule has 4 nitrogen and oxygen atoms in total. The average Bonchev–Trinajstić information content (AvgIpc) is 2.46. The first-order valence-electron chi connectivity index (χ1n) is 5.09. The van der Waals surface area contributed by atoms with Crippen molar-refractivity contribution >= 4 is 11.5 Å². The molecule has 1 aliphatic rings. The lowest BCUT2D eigenvalue weighted by Crippen LogP contribution is -2.46. The van der Waals surface area contributed by atoms with E-state index in [-0.39, 0.29) is 5.54 Å². The van der Waals surface area contributed by atoms with Gasteiger partial charge in [0, 0.05) is 18.6 Å².